The van der Waals surface area contributed by atoms with E-state index in [2.05, 4.69) is 20.8 Å². The highest BCUT2D eigenvalue weighted by atomic mass is 35.5. The maximum absolute atomic E-state index is 12.6. The van der Waals surface area contributed by atoms with E-state index < -0.39 is 6.04 Å². The van der Waals surface area contributed by atoms with Crippen molar-refractivity contribution in [2.24, 2.45) is 0 Å². The summed E-state index contributed by atoms with van der Waals surface area (Å²) in [5.74, 6) is 0.607. The van der Waals surface area contributed by atoms with Gasteiger partial charge in [-0.3, -0.25) is 9.59 Å². The molecular formula is C21H27Cl2N5O2S. The molecule has 0 aliphatic heterocycles. The molecule has 10 heteroatoms. The second kappa shape index (κ2) is 11.2. The summed E-state index contributed by atoms with van der Waals surface area (Å²) < 4.78 is 1.91. The van der Waals surface area contributed by atoms with Crippen LogP contribution in [-0.2, 0) is 11.3 Å². The molecule has 1 fully saturated rings. The maximum Gasteiger partial charge on any atom is 0.253 e. The number of nitrogens with one attached hydrogen (secondary N) is 2. The fourth-order valence-electron chi connectivity index (χ4n) is 3.68. The van der Waals surface area contributed by atoms with Gasteiger partial charge in [0.15, 0.2) is 11.0 Å². The van der Waals surface area contributed by atoms with Crippen LogP contribution in [-0.4, -0.2) is 38.4 Å². The SMILES string of the molecule is CCn1c(SCC(=O)NC2CCCCC2)nnc1C(C)NC(=O)c1ccc(Cl)cc1Cl. The van der Waals surface area contributed by atoms with Gasteiger partial charge < -0.3 is 15.2 Å². The van der Waals surface area contributed by atoms with Gasteiger partial charge in [-0.15, -0.1) is 10.2 Å². The lowest BCUT2D eigenvalue weighted by molar-refractivity contribution is -0.119. The predicted octanol–water partition coefficient (Wildman–Crippen LogP) is 4.64. The molecule has 2 aromatic rings. The Hall–Kier alpha value is -1.77. The summed E-state index contributed by atoms with van der Waals surface area (Å²) in [6.45, 7) is 4.43. The maximum atomic E-state index is 12.6. The molecule has 1 aliphatic rings. The minimum atomic E-state index is -0.392. The van der Waals surface area contributed by atoms with Crippen molar-refractivity contribution in [1.82, 2.24) is 25.4 Å². The van der Waals surface area contributed by atoms with Gasteiger partial charge in [-0.25, -0.2) is 0 Å². The zero-order chi connectivity index (χ0) is 22.4. The summed E-state index contributed by atoms with van der Waals surface area (Å²) in [6, 6.07) is 4.64. The Morgan fingerprint density at radius 3 is 2.65 bits per heavy atom. The van der Waals surface area contributed by atoms with E-state index in [1.54, 1.807) is 12.1 Å². The molecule has 1 heterocycles. The van der Waals surface area contributed by atoms with Crippen LogP contribution >= 0.6 is 35.0 Å². The number of rotatable bonds is 8. The molecule has 1 aliphatic carbocycles. The fourth-order valence-corrected chi connectivity index (χ4v) is 5.00. The summed E-state index contributed by atoms with van der Waals surface area (Å²) in [5.41, 5.74) is 0.342. The third-order valence-corrected chi connectivity index (χ3v) is 6.79. The van der Waals surface area contributed by atoms with Gasteiger partial charge in [-0.2, -0.15) is 0 Å². The summed E-state index contributed by atoms with van der Waals surface area (Å²) >= 11 is 13.4. The first-order valence-corrected chi connectivity index (χ1v) is 12.2. The van der Waals surface area contributed by atoms with Gasteiger partial charge in [0, 0.05) is 17.6 Å². The van der Waals surface area contributed by atoms with Crippen molar-refractivity contribution in [3.63, 3.8) is 0 Å². The van der Waals surface area contributed by atoms with Gasteiger partial charge in [0.1, 0.15) is 0 Å². The molecule has 0 radical (unpaired) electrons. The van der Waals surface area contributed by atoms with Crippen molar-refractivity contribution in [2.75, 3.05) is 5.75 Å². The van der Waals surface area contributed by atoms with Crippen molar-refractivity contribution in [1.29, 1.82) is 0 Å². The number of thioether (sulfide) groups is 1. The van der Waals surface area contributed by atoms with Crippen molar-refractivity contribution >= 4 is 46.8 Å². The quantitative estimate of drug-likeness (QED) is 0.533. The fraction of sp³-hybridized carbons (Fsp3) is 0.524. The van der Waals surface area contributed by atoms with E-state index in [0.29, 0.717) is 28.1 Å². The third kappa shape index (κ3) is 6.37. The van der Waals surface area contributed by atoms with Crippen LogP contribution < -0.4 is 10.6 Å². The van der Waals surface area contributed by atoms with E-state index >= 15 is 0 Å². The van der Waals surface area contributed by atoms with Gasteiger partial charge in [-0.05, 0) is 44.9 Å². The Labute approximate surface area is 196 Å². The van der Waals surface area contributed by atoms with Crippen molar-refractivity contribution in [3.8, 4) is 0 Å². The normalized spacial score (nSPS) is 15.5. The molecule has 0 saturated heterocycles. The minimum Gasteiger partial charge on any atom is -0.353 e. The van der Waals surface area contributed by atoms with Gasteiger partial charge in [0.05, 0.1) is 22.4 Å². The first-order valence-electron chi connectivity index (χ1n) is 10.5. The number of hydrogen-bond donors (Lipinski definition) is 2. The van der Waals surface area contributed by atoms with E-state index in [9.17, 15) is 9.59 Å². The lowest BCUT2D eigenvalue weighted by Gasteiger charge is -2.22. The standard InChI is InChI=1S/C21H27Cl2N5O2S/c1-3-28-19(13(2)24-20(30)16-10-9-14(22)11-17(16)23)26-27-21(28)31-12-18(29)25-15-7-5-4-6-8-15/h9-11,13,15H,3-8,12H2,1-2H3,(H,24,30)(H,25,29). The average molecular weight is 484 g/mol. The van der Waals surface area contributed by atoms with Gasteiger partial charge >= 0.3 is 0 Å². The summed E-state index contributed by atoms with van der Waals surface area (Å²) in [4.78, 5) is 24.9. The average Bonchev–Trinajstić information content (AvgIpc) is 3.16. The first kappa shape index (κ1) is 23.9. The second-order valence-corrected chi connectivity index (χ2v) is 9.38. The molecule has 0 bridgehead atoms. The van der Waals surface area contributed by atoms with Crippen LogP contribution in [0.25, 0.3) is 0 Å². The lowest BCUT2D eigenvalue weighted by atomic mass is 9.95. The summed E-state index contributed by atoms with van der Waals surface area (Å²) in [6.07, 6.45) is 5.72. The van der Waals surface area contributed by atoms with E-state index in [1.807, 2.05) is 18.4 Å². The zero-order valence-electron chi connectivity index (χ0n) is 17.7. The molecule has 0 spiro atoms. The molecule has 2 N–H and O–H groups in total. The van der Waals surface area contributed by atoms with Gasteiger partial charge in [0.2, 0.25) is 5.91 Å². The second-order valence-electron chi connectivity index (χ2n) is 7.60. The number of benzene rings is 1. The third-order valence-electron chi connectivity index (χ3n) is 5.27. The van der Waals surface area contributed by atoms with Gasteiger partial charge in [0.25, 0.3) is 5.91 Å². The van der Waals surface area contributed by atoms with Crippen molar-refractivity contribution in [3.05, 3.63) is 39.6 Å². The van der Waals surface area contributed by atoms with E-state index in [0.717, 1.165) is 12.8 Å². The Balaban J connectivity index is 1.60. The minimum absolute atomic E-state index is 0.0165. The largest absolute Gasteiger partial charge is 0.353 e. The molecule has 3 rings (SSSR count). The number of aromatic nitrogens is 3. The Morgan fingerprint density at radius 1 is 1.23 bits per heavy atom. The number of carbonyl (C=O) groups is 2. The highest BCUT2D eigenvalue weighted by Crippen LogP contribution is 2.24. The summed E-state index contributed by atoms with van der Waals surface area (Å²) in [5, 5.41) is 15.9. The van der Waals surface area contributed by atoms with Crippen LogP contribution in [0.2, 0.25) is 10.0 Å². The highest BCUT2D eigenvalue weighted by molar-refractivity contribution is 7.99. The number of amides is 2. The predicted molar refractivity (Wildman–Crippen MR) is 124 cm³/mol. The molecule has 168 valence electrons. The van der Waals surface area contributed by atoms with Crippen molar-refractivity contribution in [2.45, 2.75) is 69.7 Å². The Bertz CT molecular complexity index is 930. The Kier molecular flexibility index (Phi) is 8.63. The molecule has 1 atom stereocenters. The van der Waals surface area contributed by atoms with Crippen LogP contribution in [0.4, 0.5) is 0 Å². The van der Waals surface area contributed by atoms with E-state index in [4.69, 9.17) is 23.2 Å². The van der Waals surface area contributed by atoms with Crippen LogP contribution in [0.5, 0.6) is 0 Å². The van der Waals surface area contributed by atoms with Crippen LogP contribution in [0, 0.1) is 0 Å². The molecule has 2 amide bonds. The number of nitrogens with zero attached hydrogens (tertiary/aromatic N) is 3. The zero-order valence-corrected chi connectivity index (χ0v) is 20.0. The number of hydrogen-bond acceptors (Lipinski definition) is 5. The molecule has 1 aromatic carbocycles. The van der Waals surface area contributed by atoms with Gasteiger partial charge in [-0.1, -0.05) is 54.2 Å². The number of halogens is 2. The van der Waals surface area contributed by atoms with Crippen LogP contribution in [0.3, 0.4) is 0 Å². The molecule has 31 heavy (non-hydrogen) atoms. The molecule has 1 aromatic heterocycles. The number of carbonyl (C=O) groups excluding carboxylic acids is 2. The summed E-state index contributed by atoms with van der Waals surface area (Å²) in [7, 11) is 0. The van der Waals surface area contributed by atoms with E-state index in [-0.39, 0.29) is 28.6 Å². The molecular weight excluding hydrogens is 457 g/mol. The van der Waals surface area contributed by atoms with Crippen LogP contribution in [0.1, 0.15) is 68.2 Å². The highest BCUT2D eigenvalue weighted by Gasteiger charge is 2.22. The first-order chi connectivity index (χ1) is 14.9. The van der Waals surface area contributed by atoms with Crippen LogP contribution in [0.15, 0.2) is 23.4 Å². The monoisotopic (exact) mass is 483 g/mol. The molecule has 1 unspecified atom stereocenters. The molecule has 7 nitrogen and oxygen atoms in total. The molecule has 1 saturated carbocycles. The van der Waals surface area contributed by atoms with Crippen molar-refractivity contribution < 1.29 is 9.59 Å². The smallest absolute Gasteiger partial charge is 0.253 e. The topological polar surface area (TPSA) is 88.9 Å². The van der Waals surface area contributed by atoms with E-state index in [1.165, 1.54) is 37.1 Å². The Morgan fingerprint density at radius 2 is 1.97 bits per heavy atom. The lowest BCUT2D eigenvalue weighted by Crippen LogP contribution is -2.37.